The van der Waals surface area contributed by atoms with E-state index >= 15 is 0 Å². The largest absolute Gasteiger partial charge is 0.411 e. The second-order valence-corrected chi connectivity index (χ2v) is 8.87. The third kappa shape index (κ3) is 5.14. The van der Waals surface area contributed by atoms with E-state index in [0.29, 0.717) is 34.7 Å². The third-order valence-electron chi connectivity index (χ3n) is 6.26. The SMILES string of the molecule is Cc1ccc(-c2noc(C3CCC3)n2)cc1NC(=O)C1CN=C2C=CC(COCC(F)(F)F)=CN21. The number of benzene rings is 1. The van der Waals surface area contributed by atoms with Gasteiger partial charge in [0.25, 0.3) is 0 Å². The monoisotopic (exact) mass is 487 g/mol. The molecule has 3 aliphatic rings. The van der Waals surface area contributed by atoms with Gasteiger partial charge in [0.1, 0.15) is 18.5 Å². The highest BCUT2D eigenvalue weighted by atomic mass is 19.4. The summed E-state index contributed by atoms with van der Waals surface area (Å²) in [6.45, 7) is 0.558. The van der Waals surface area contributed by atoms with Crippen molar-refractivity contribution in [3.63, 3.8) is 0 Å². The van der Waals surface area contributed by atoms with Crippen LogP contribution in [0.25, 0.3) is 11.4 Å². The van der Waals surface area contributed by atoms with Crippen LogP contribution in [0.3, 0.4) is 0 Å². The Bertz CT molecular complexity index is 1210. The number of nitrogens with zero attached hydrogens (tertiary/aromatic N) is 4. The lowest BCUT2D eigenvalue weighted by molar-refractivity contribution is -0.171. The number of fused-ring (bicyclic) bond motifs is 1. The molecule has 35 heavy (non-hydrogen) atoms. The molecule has 0 radical (unpaired) electrons. The van der Waals surface area contributed by atoms with Gasteiger partial charge in [-0.3, -0.25) is 9.79 Å². The summed E-state index contributed by atoms with van der Waals surface area (Å²) in [5, 5.41) is 7.05. The van der Waals surface area contributed by atoms with Crippen molar-refractivity contribution < 1.29 is 27.2 Å². The number of aliphatic imine (C=N–C) groups is 1. The van der Waals surface area contributed by atoms with Gasteiger partial charge in [-0.15, -0.1) is 0 Å². The van der Waals surface area contributed by atoms with Gasteiger partial charge < -0.3 is 19.5 Å². The average Bonchev–Trinajstić information content (AvgIpc) is 3.40. The zero-order valence-electron chi connectivity index (χ0n) is 19.0. The van der Waals surface area contributed by atoms with Crippen LogP contribution in [0.2, 0.25) is 0 Å². The summed E-state index contributed by atoms with van der Waals surface area (Å²) in [6, 6.07) is 4.93. The Hall–Kier alpha value is -3.47. The summed E-state index contributed by atoms with van der Waals surface area (Å²) >= 11 is 0. The number of carbonyl (C=O) groups excluding carboxylic acids is 1. The topological polar surface area (TPSA) is 92.9 Å². The number of anilines is 1. The minimum atomic E-state index is -4.39. The Morgan fingerprint density at radius 1 is 1.29 bits per heavy atom. The van der Waals surface area contributed by atoms with Crippen molar-refractivity contribution in [3.8, 4) is 11.4 Å². The molecule has 3 heterocycles. The van der Waals surface area contributed by atoms with Gasteiger partial charge in [-0.2, -0.15) is 18.2 Å². The highest BCUT2D eigenvalue weighted by Gasteiger charge is 2.33. The summed E-state index contributed by atoms with van der Waals surface area (Å²) in [5.41, 5.74) is 2.72. The molecule has 1 fully saturated rings. The Labute approximate surface area is 199 Å². The maximum absolute atomic E-state index is 13.2. The van der Waals surface area contributed by atoms with Crippen LogP contribution >= 0.6 is 0 Å². The second kappa shape index (κ2) is 9.29. The van der Waals surface area contributed by atoms with Crippen LogP contribution in [0, 0.1) is 6.92 Å². The number of halogens is 3. The fourth-order valence-corrected chi connectivity index (χ4v) is 4.07. The average molecular weight is 487 g/mol. The van der Waals surface area contributed by atoms with Crippen LogP contribution in [0.4, 0.5) is 18.9 Å². The molecule has 0 bridgehead atoms. The summed E-state index contributed by atoms with van der Waals surface area (Å²) in [6.07, 6.45) is 3.80. The number of amidine groups is 1. The maximum atomic E-state index is 13.2. The number of amides is 1. The van der Waals surface area contributed by atoms with Gasteiger partial charge in [-0.25, -0.2) is 0 Å². The fraction of sp³-hybridized carbons (Fsp3) is 0.417. The second-order valence-electron chi connectivity index (χ2n) is 8.87. The van der Waals surface area contributed by atoms with Gasteiger partial charge >= 0.3 is 6.18 Å². The quantitative estimate of drug-likeness (QED) is 0.624. The molecular formula is C24H24F3N5O3. The van der Waals surface area contributed by atoms with Gasteiger partial charge in [0.15, 0.2) is 0 Å². The van der Waals surface area contributed by atoms with Crippen LogP contribution in [0.5, 0.6) is 0 Å². The number of hydrogen-bond acceptors (Lipinski definition) is 7. The number of alkyl halides is 3. The summed E-state index contributed by atoms with van der Waals surface area (Å²) < 4.78 is 47.3. The number of nitrogens with one attached hydrogen (secondary N) is 1. The minimum Gasteiger partial charge on any atom is -0.367 e. The standard InChI is InChI=1S/C24H24F3N5O3/c1-14-5-7-17(21-30-23(35-31-21)16-3-2-4-16)9-18(14)29-22(33)19-10-28-20-8-6-15(11-32(19)20)12-34-13-24(25,26)27/h5-9,11,16,19H,2-4,10,12-13H2,1H3,(H,29,33). The lowest BCUT2D eigenvalue weighted by Gasteiger charge is -2.26. The maximum Gasteiger partial charge on any atom is 0.411 e. The number of aryl methyl sites for hydroxylation is 1. The van der Waals surface area contributed by atoms with Gasteiger partial charge in [0.05, 0.1) is 13.2 Å². The first-order valence-corrected chi connectivity index (χ1v) is 11.4. The molecule has 1 aromatic carbocycles. The first-order valence-electron chi connectivity index (χ1n) is 11.4. The molecule has 2 aliphatic heterocycles. The van der Waals surface area contributed by atoms with E-state index in [1.54, 1.807) is 23.3 Å². The molecular weight excluding hydrogens is 463 g/mol. The number of aromatic nitrogens is 2. The number of ether oxygens (including phenoxy) is 1. The highest BCUT2D eigenvalue weighted by Crippen LogP contribution is 2.36. The fourth-order valence-electron chi connectivity index (χ4n) is 4.07. The molecule has 1 amide bonds. The number of rotatable bonds is 7. The van der Waals surface area contributed by atoms with E-state index in [1.807, 2.05) is 25.1 Å². The molecule has 1 atom stereocenters. The Kier molecular flexibility index (Phi) is 6.18. The van der Waals surface area contributed by atoms with E-state index in [9.17, 15) is 18.0 Å². The smallest absolute Gasteiger partial charge is 0.367 e. The van der Waals surface area contributed by atoms with Crippen LogP contribution in [-0.4, -0.2) is 58.8 Å². The molecule has 0 saturated heterocycles. The zero-order valence-corrected chi connectivity index (χ0v) is 19.0. The lowest BCUT2D eigenvalue weighted by Crippen LogP contribution is -2.42. The van der Waals surface area contributed by atoms with Gasteiger partial charge in [0, 0.05) is 23.4 Å². The molecule has 2 aromatic rings. The van der Waals surface area contributed by atoms with Crippen LogP contribution in [-0.2, 0) is 9.53 Å². The predicted molar refractivity (Wildman–Crippen MR) is 122 cm³/mol. The van der Waals surface area contributed by atoms with E-state index in [4.69, 9.17) is 9.26 Å². The minimum absolute atomic E-state index is 0.219. The van der Waals surface area contributed by atoms with Crippen molar-refractivity contribution in [1.82, 2.24) is 15.0 Å². The molecule has 1 aliphatic carbocycles. The van der Waals surface area contributed by atoms with Crippen molar-refractivity contribution in [1.29, 1.82) is 0 Å². The summed E-state index contributed by atoms with van der Waals surface area (Å²) in [7, 11) is 0. The third-order valence-corrected chi connectivity index (χ3v) is 6.26. The predicted octanol–water partition coefficient (Wildman–Crippen LogP) is 4.37. The first-order chi connectivity index (χ1) is 16.8. The molecule has 1 N–H and O–H groups in total. The molecule has 11 heteroatoms. The van der Waals surface area contributed by atoms with Crippen molar-refractivity contribution >= 4 is 17.4 Å². The van der Waals surface area contributed by atoms with E-state index in [-0.39, 0.29) is 19.1 Å². The van der Waals surface area contributed by atoms with Crippen LogP contribution in [0.15, 0.2) is 51.6 Å². The first kappa shape index (κ1) is 23.3. The Balaban J connectivity index is 1.27. The van der Waals surface area contributed by atoms with Crippen LogP contribution in [0.1, 0.15) is 36.6 Å². The Morgan fingerprint density at radius 3 is 2.86 bits per heavy atom. The van der Waals surface area contributed by atoms with Crippen molar-refractivity contribution in [3.05, 3.63) is 53.6 Å². The van der Waals surface area contributed by atoms with E-state index < -0.39 is 18.8 Å². The molecule has 1 unspecified atom stereocenters. The zero-order chi connectivity index (χ0) is 24.6. The van der Waals surface area contributed by atoms with Gasteiger partial charge in [-0.05, 0) is 43.0 Å². The Morgan fingerprint density at radius 2 is 2.11 bits per heavy atom. The van der Waals surface area contributed by atoms with Gasteiger partial charge in [0.2, 0.25) is 17.6 Å². The van der Waals surface area contributed by atoms with E-state index in [0.717, 1.165) is 24.0 Å². The van der Waals surface area contributed by atoms with E-state index in [1.165, 1.54) is 6.42 Å². The molecule has 8 nitrogen and oxygen atoms in total. The molecule has 1 aromatic heterocycles. The van der Waals surface area contributed by atoms with E-state index in [2.05, 4.69) is 20.4 Å². The van der Waals surface area contributed by atoms with Crippen molar-refractivity contribution in [2.45, 2.75) is 44.3 Å². The number of hydrogen-bond donors (Lipinski definition) is 1. The lowest BCUT2D eigenvalue weighted by atomic mass is 9.85. The van der Waals surface area contributed by atoms with Gasteiger partial charge in [-0.1, -0.05) is 29.8 Å². The highest BCUT2D eigenvalue weighted by molar-refractivity contribution is 6.04. The molecule has 1 saturated carbocycles. The van der Waals surface area contributed by atoms with Crippen molar-refractivity contribution in [2.24, 2.45) is 4.99 Å². The summed E-state index contributed by atoms with van der Waals surface area (Å²) in [4.78, 5) is 23.7. The van der Waals surface area contributed by atoms with Crippen molar-refractivity contribution in [2.75, 3.05) is 25.1 Å². The normalized spacial score (nSPS) is 19.8. The number of carbonyl (C=O) groups is 1. The van der Waals surface area contributed by atoms with Crippen LogP contribution < -0.4 is 5.32 Å². The molecule has 184 valence electrons. The molecule has 0 spiro atoms. The summed E-state index contributed by atoms with van der Waals surface area (Å²) in [5.74, 6) is 1.74. The molecule has 5 rings (SSSR count).